The number of hydrogen-bond acceptors (Lipinski definition) is 5. The molecule has 0 spiro atoms. The Labute approximate surface area is 136 Å². The molecule has 1 aromatic carbocycles. The summed E-state index contributed by atoms with van der Waals surface area (Å²) in [7, 11) is -3.64. The van der Waals surface area contributed by atoms with Crippen molar-refractivity contribution in [3.8, 4) is 0 Å². The van der Waals surface area contributed by atoms with Crippen molar-refractivity contribution in [2.45, 2.75) is 24.3 Å². The number of benzene rings is 1. The Balaban J connectivity index is 2.15. The summed E-state index contributed by atoms with van der Waals surface area (Å²) in [5, 5.41) is 11.9. The number of hydrogen-bond donors (Lipinski definition) is 2. The minimum Gasteiger partial charge on any atom is -0.392 e. The van der Waals surface area contributed by atoms with Gasteiger partial charge in [-0.2, -0.15) is 0 Å². The van der Waals surface area contributed by atoms with Crippen LogP contribution in [0.4, 0.5) is 0 Å². The minimum atomic E-state index is -3.64. The van der Waals surface area contributed by atoms with E-state index in [0.29, 0.717) is 10.0 Å². The van der Waals surface area contributed by atoms with Crippen LogP contribution in [0.15, 0.2) is 39.1 Å². The van der Waals surface area contributed by atoms with Gasteiger partial charge in [-0.25, -0.2) is 18.1 Å². The van der Waals surface area contributed by atoms with E-state index in [-0.39, 0.29) is 24.0 Å². The second-order valence-corrected chi connectivity index (χ2v) is 8.06. The quantitative estimate of drug-likeness (QED) is 0.793. The molecule has 1 aromatic heterocycles. The zero-order valence-corrected chi connectivity index (χ0v) is 14.5. The van der Waals surface area contributed by atoms with Gasteiger partial charge in [0.15, 0.2) is 0 Å². The lowest BCUT2D eigenvalue weighted by atomic mass is 10.2. The number of rotatable bonds is 6. The summed E-state index contributed by atoms with van der Waals surface area (Å²) < 4.78 is 27.8. The second-order valence-electron chi connectivity index (χ2n) is 4.55. The van der Waals surface area contributed by atoms with Crippen LogP contribution in [0.3, 0.4) is 0 Å². The van der Waals surface area contributed by atoms with Gasteiger partial charge in [-0.05, 0) is 33.6 Å². The Morgan fingerprint density at radius 3 is 2.86 bits per heavy atom. The van der Waals surface area contributed by atoms with Crippen molar-refractivity contribution in [1.82, 2.24) is 9.71 Å². The van der Waals surface area contributed by atoms with Crippen molar-refractivity contribution in [1.29, 1.82) is 0 Å². The lowest BCUT2D eigenvalue weighted by Crippen LogP contribution is -2.28. The standard InChI is InChI=1S/C13H15BrN2O3S2/c1-9(13-15-4-5-20-13)7-16-21(18,19)12-6-10(8-17)2-3-11(12)14/h2-6,9,16-17H,7-8H2,1H3. The van der Waals surface area contributed by atoms with Crippen LogP contribution in [-0.4, -0.2) is 25.1 Å². The van der Waals surface area contributed by atoms with Gasteiger partial charge in [0.25, 0.3) is 0 Å². The minimum absolute atomic E-state index is 0.000394. The molecule has 0 radical (unpaired) electrons. The third-order valence-electron chi connectivity index (χ3n) is 2.92. The zero-order chi connectivity index (χ0) is 15.5. The van der Waals surface area contributed by atoms with Crippen LogP contribution in [-0.2, 0) is 16.6 Å². The largest absolute Gasteiger partial charge is 0.392 e. The van der Waals surface area contributed by atoms with Gasteiger partial charge in [0.1, 0.15) is 0 Å². The first kappa shape index (κ1) is 16.6. The highest BCUT2D eigenvalue weighted by molar-refractivity contribution is 9.10. The van der Waals surface area contributed by atoms with Gasteiger partial charge in [0.05, 0.1) is 16.5 Å². The highest BCUT2D eigenvalue weighted by Gasteiger charge is 2.20. The van der Waals surface area contributed by atoms with Crippen LogP contribution < -0.4 is 4.72 Å². The van der Waals surface area contributed by atoms with E-state index in [1.54, 1.807) is 18.3 Å². The van der Waals surface area contributed by atoms with E-state index in [1.807, 2.05) is 12.3 Å². The van der Waals surface area contributed by atoms with Gasteiger partial charge in [-0.3, -0.25) is 0 Å². The molecule has 1 heterocycles. The van der Waals surface area contributed by atoms with Crippen LogP contribution in [0.2, 0.25) is 0 Å². The predicted octanol–water partition coefficient (Wildman–Crippen LogP) is 2.48. The van der Waals surface area contributed by atoms with Crippen molar-refractivity contribution in [2.24, 2.45) is 0 Å². The molecule has 0 aliphatic carbocycles. The van der Waals surface area contributed by atoms with E-state index in [2.05, 4.69) is 25.6 Å². The SMILES string of the molecule is CC(CNS(=O)(=O)c1cc(CO)ccc1Br)c1nccs1. The monoisotopic (exact) mass is 390 g/mol. The van der Waals surface area contributed by atoms with Crippen LogP contribution >= 0.6 is 27.3 Å². The number of aliphatic hydroxyl groups excluding tert-OH is 1. The average Bonchev–Trinajstić information content (AvgIpc) is 2.99. The Morgan fingerprint density at radius 1 is 1.48 bits per heavy atom. The van der Waals surface area contributed by atoms with Gasteiger partial charge in [-0.1, -0.05) is 13.0 Å². The summed E-state index contributed by atoms with van der Waals surface area (Å²) in [6, 6.07) is 4.74. The molecule has 0 bridgehead atoms. The Bertz CT molecular complexity index is 702. The van der Waals surface area contributed by atoms with E-state index in [1.165, 1.54) is 17.4 Å². The third-order valence-corrected chi connectivity index (χ3v) is 6.34. The molecule has 2 aromatic rings. The fourth-order valence-corrected chi connectivity index (χ4v) is 4.57. The Hall–Kier alpha value is -0.800. The lowest BCUT2D eigenvalue weighted by Gasteiger charge is -2.12. The second kappa shape index (κ2) is 6.97. The summed E-state index contributed by atoms with van der Waals surface area (Å²) in [5.41, 5.74) is 0.548. The molecule has 1 atom stereocenters. The van der Waals surface area contributed by atoms with Crippen molar-refractivity contribution in [3.05, 3.63) is 44.8 Å². The Morgan fingerprint density at radius 2 is 2.24 bits per heavy atom. The lowest BCUT2D eigenvalue weighted by molar-refractivity contribution is 0.281. The van der Waals surface area contributed by atoms with E-state index in [4.69, 9.17) is 5.11 Å². The van der Waals surface area contributed by atoms with Crippen molar-refractivity contribution in [3.63, 3.8) is 0 Å². The molecular formula is C13H15BrN2O3S2. The number of thiazole rings is 1. The fourth-order valence-electron chi connectivity index (χ4n) is 1.73. The maximum absolute atomic E-state index is 12.4. The first-order chi connectivity index (χ1) is 9.94. The fraction of sp³-hybridized carbons (Fsp3) is 0.308. The van der Waals surface area contributed by atoms with Gasteiger partial charge < -0.3 is 5.11 Å². The molecule has 0 fully saturated rings. The highest BCUT2D eigenvalue weighted by Crippen LogP contribution is 2.24. The van der Waals surface area contributed by atoms with Crippen LogP contribution in [0, 0.1) is 0 Å². The number of nitrogens with one attached hydrogen (secondary N) is 1. The molecule has 8 heteroatoms. The number of nitrogens with zero attached hydrogens (tertiary/aromatic N) is 1. The average molecular weight is 391 g/mol. The molecule has 0 aliphatic heterocycles. The van der Waals surface area contributed by atoms with Crippen molar-refractivity contribution >= 4 is 37.3 Å². The van der Waals surface area contributed by atoms with E-state index in [9.17, 15) is 8.42 Å². The molecule has 2 rings (SSSR count). The molecule has 5 nitrogen and oxygen atoms in total. The van der Waals surface area contributed by atoms with Crippen LogP contribution in [0.5, 0.6) is 0 Å². The molecule has 1 unspecified atom stereocenters. The van der Waals surface area contributed by atoms with E-state index >= 15 is 0 Å². The molecular weight excluding hydrogens is 376 g/mol. The first-order valence-corrected chi connectivity index (χ1v) is 9.38. The normalized spacial score (nSPS) is 13.3. The zero-order valence-electron chi connectivity index (χ0n) is 11.3. The van der Waals surface area contributed by atoms with Gasteiger partial charge in [0, 0.05) is 28.5 Å². The maximum atomic E-state index is 12.4. The molecule has 0 aliphatic rings. The van der Waals surface area contributed by atoms with Gasteiger partial charge in [0.2, 0.25) is 10.0 Å². The summed E-state index contributed by atoms with van der Waals surface area (Å²) >= 11 is 4.73. The maximum Gasteiger partial charge on any atom is 0.241 e. The topological polar surface area (TPSA) is 79.3 Å². The third kappa shape index (κ3) is 4.10. The van der Waals surface area contributed by atoms with Gasteiger partial charge >= 0.3 is 0 Å². The Kier molecular flexibility index (Phi) is 5.50. The molecule has 114 valence electrons. The smallest absolute Gasteiger partial charge is 0.241 e. The summed E-state index contributed by atoms with van der Waals surface area (Å²) in [6.45, 7) is 1.98. The van der Waals surface area contributed by atoms with E-state index < -0.39 is 10.0 Å². The van der Waals surface area contributed by atoms with Gasteiger partial charge in [-0.15, -0.1) is 11.3 Å². The van der Waals surface area contributed by atoms with Crippen molar-refractivity contribution < 1.29 is 13.5 Å². The van der Waals surface area contributed by atoms with Crippen molar-refractivity contribution in [2.75, 3.05) is 6.54 Å². The van der Waals surface area contributed by atoms with Crippen LogP contribution in [0.25, 0.3) is 0 Å². The summed E-state index contributed by atoms with van der Waals surface area (Å²) in [4.78, 5) is 4.30. The molecule has 0 saturated heterocycles. The molecule has 2 N–H and O–H groups in total. The highest BCUT2D eigenvalue weighted by atomic mass is 79.9. The number of aliphatic hydroxyl groups is 1. The molecule has 21 heavy (non-hydrogen) atoms. The van der Waals surface area contributed by atoms with E-state index in [0.717, 1.165) is 5.01 Å². The number of halogens is 1. The summed E-state index contributed by atoms with van der Waals surface area (Å²) in [6.07, 6.45) is 1.70. The first-order valence-electron chi connectivity index (χ1n) is 6.22. The molecule has 0 amide bonds. The number of aromatic nitrogens is 1. The predicted molar refractivity (Wildman–Crippen MR) is 85.8 cm³/mol. The summed E-state index contributed by atoms with van der Waals surface area (Å²) in [5.74, 6) is -0.000394. The van der Waals surface area contributed by atoms with Crippen LogP contribution in [0.1, 0.15) is 23.4 Å². The molecule has 0 saturated carbocycles. The number of sulfonamides is 1.